The number of rotatable bonds is 7. The minimum Gasteiger partial charge on any atom is -0.448 e. The van der Waals surface area contributed by atoms with E-state index in [0.29, 0.717) is 11.1 Å². The molecule has 2 aromatic carbocycles. The van der Waals surface area contributed by atoms with Gasteiger partial charge in [-0.2, -0.15) is 0 Å². The van der Waals surface area contributed by atoms with Gasteiger partial charge in [-0.15, -0.1) is 0 Å². The van der Waals surface area contributed by atoms with Crippen LogP contribution >= 0.6 is 0 Å². The van der Waals surface area contributed by atoms with Gasteiger partial charge in [0, 0.05) is 30.2 Å². The lowest BCUT2D eigenvalue weighted by Crippen LogP contribution is -2.31. The molecule has 0 aliphatic carbocycles. The summed E-state index contributed by atoms with van der Waals surface area (Å²) in [6.07, 6.45) is -1.28. The Labute approximate surface area is 148 Å². The zero-order valence-electron chi connectivity index (χ0n) is 13.9. The Kier molecular flexibility index (Phi) is 6.15. The van der Waals surface area contributed by atoms with Crippen molar-refractivity contribution in [1.82, 2.24) is 5.32 Å². The molecule has 0 saturated carbocycles. The summed E-state index contributed by atoms with van der Waals surface area (Å²) < 4.78 is 5.23. The van der Waals surface area contributed by atoms with Gasteiger partial charge in [0.1, 0.15) is 6.54 Å². The highest BCUT2D eigenvalue weighted by molar-refractivity contribution is 6.01. The highest BCUT2D eigenvalue weighted by atomic mass is 16.6. The summed E-state index contributed by atoms with van der Waals surface area (Å²) in [5, 5.41) is 13.1. The Morgan fingerprint density at radius 1 is 1.08 bits per heavy atom. The molecule has 26 heavy (non-hydrogen) atoms. The number of ether oxygens (including phenoxy) is 1. The van der Waals surface area contributed by atoms with Gasteiger partial charge in [0.25, 0.3) is 5.69 Å². The van der Waals surface area contributed by atoms with Crippen LogP contribution in [-0.2, 0) is 14.3 Å². The highest BCUT2D eigenvalue weighted by Crippen LogP contribution is 2.25. The molecule has 0 radical (unpaired) electrons. The van der Waals surface area contributed by atoms with Crippen LogP contribution in [0.25, 0.3) is 0 Å². The quantitative estimate of drug-likeness (QED) is 0.352. The number of hydrogen-bond donors (Lipinski definition) is 1. The molecule has 8 heteroatoms. The van der Waals surface area contributed by atoms with Gasteiger partial charge in [-0.3, -0.25) is 24.5 Å². The molecule has 1 amide bonds. The molecule has 0 heterocycles. The van der Waals surface area contributed by atoms with E-state index in [2.05, 4.69) is 5.32 Å². The van der Waals surface area contributed by atoms with Gasteiger partial charge < -0.3 is 10.1 Å². The molecule has 0 unspecified atom stereocenters. The van der Waals surface area contributed by atoms with Gasteiger partial charge in [0.2, 0.25) is 11.7 Å². The van der Waals surface area contributed by atoms with Crippen LogP contribution in [0.5, 0.6) is 0 Å². The summed E-state index contributed by atoms with van der Waals surface area (Å²) in [4.78, 5) is 45.8. The maximum absolute atomic E-state index is 12.7. The van der Waals surface area contributed by atoms with Crippen LogP contribution in [0, 0.1) is 10.1 Å². The van der Waals surface area contributed by atoms with Crippen molar-refractivity contribution in [2.24, 2.45) is 0 Å². The van der Waals surface area contributed by atoms with E-state index in [4.69, 9.17) is 4.74 Å². The van der Waals surface area contributed by atoms with Crippen LogP contribution in [0.15, 0.2) is 54.6 Å². The van der Waals surface area contributed by atoms with Crippen molar-refractivity contribution in [2.75, 3.05) is 6.54 Å². The number of nitro benzene ring substituents is 1. The summed E-state index contributed by atoms with van der Waals surface area (Å²) >= 11 is 0. The first-order valence-electron chi connectivity index (χ1n) is 7.66. The molecular weight excluding hydrogens is 340 g/mol. The number of carbonyl (C=O) groups excluding carboxylic acids is 3. The third-order valence-corrected chi connectivity index (χ3v) is 3.43. The summed E-state index contributed by atoms with van der Waals surface area (Å²) in [7, 11) is 0. The first kappa shape index (κ1) is 18.8. The van der Waals surface area contributed by atoms with Crippen molar-refractivity contribution in [3.63, 3.8) is 0 Å². The number of non-ortho nitro benzene ring substituents is 1. The standard InChI is InChI=1S/C18H16N2O6/c1-12(21)19-11-16(22)26-18(17(23)13-5-3-2-4-6-13)14-7-9-15(10-8-14)20(24)25/h2-10,18H,11H2,1H3,(H,19,21)/t18-/m1/s1. The largest absolute Gasteiger partial charge is 0.448 e. The minimum atomic E-state index is -1.28. The summed E-state index contributed by atoms with van der Waals surface area (Å²) in [5.41, 5.74) is 0.466. The summed E-state index contributed by atoms with van der Waals surface area (Å²) in [6.45, 7) is 0.858. The zero-order chi connectivity index (χ0) is 19.1. The van der Waals surface area contributed by atoms with E-state index in [1.807, 2.05) is 0 Å². The number of hydrogen-bond acceptors (Lipinski definition) is 6. The van der Waals surface area contributed by atoms with Crippen LogP contribution < -0.4 is 5.32 Å². The Hall–Kier alpha value is -3.55. The van der Waals surface area contributed by atoms with Gasteiger partial charge in [-0.1, -0.05) is 30.3 Å². The van der Waals surface area contributed by atoms with Crippen molar-refractivity contribution >= 4 is 23.3 Å². The average molecular weight is 356 g/mol. The molecule has 0 spiro atoms. The second kappa shape index (κ2) is 8.52. The molecule has 0 bridgehead atoms. The summed E-state index contributed by atoms with van der Waals surface area (Å²) in [6, 6.07) is 13.4. The number of esters is 1. The number of benzene rings is 2. The molecule has 0 aliphatic heterocycles. The monoisotopic (exact) mass is 356 g/mol. The van der Waals surface area contributed by atoms with E-state index in [9.17, 15) is 24.5 Å². The van der Waals surface area contributed by atoms with Gasteiger partial charge in [0.15, 0.2) is 6.10 Å². The lowest BCUT2D eigenvalue weighted by Gasteiger charge is -2.17. The Morgan fingerprint density at radius 2 is 1.69 bits per heavy atom. The molecule has 1 N–H and O–H groups in total. The van der Waals surface area contributed by atoms with Crippen LogP contribution in [0.3, 0.4) is 0 Å². The fourth-order valence-corrected chi connectivity index (χ4v) is 2.17. The zero-order valence-corrected chi connectivity index (χ0v) is 13.9. The van der Waals surface area contributed by atoms with Gasteiger partial charge in [-0.25, -0.2) is 0 Å². The number of ketones is 1. The number of Topliss-reactive ketones (excluding diaryl/α,β-unsaturated/α-hetero) is 1. The average Bonchev–Trinajstić information content (AvgIpc) is 2.64. The third-order valence-electron chi connectivity index (χ3n) is 3.43. The minimum absolute atomic E-state index is 0.149. The number of carbonyl (C=O) groups is 3. The van der Waals surface area contributed by atoms with Crippen LogP contribution in [0.4, 0.5) is 5.69 Å². The molecule has 1 atom stereocenters. The molecule has 0 aromatic heterocycles. The van der Waals surface area contributed by atoms with Gasteiger partial charge in [-0.05, 0) is 12.1 Å². The molecule has 2 rings (SSSR count). The first-order chi connectivity index (χ1) is 12.4. The molecule has 0 aliphatic rings. The van der Waals surface area contributed by atoms with Crippen LogP contribution in [-0.4, -0.2) is 29.1 Å². The molecule has 0 saturated heterocycles. The predicted molar refractivity (Wildman–Crippen MR) is 91.4 cm³/mol. The molecular formula is C18H16N2O6. The number of amides is 1. The highest BCUT2D eigenvalue weighted by Gasteiger charge is 2.26. The lowest BCUT2D eigenvalue weighted by atomic mass is 9.99. The molecule has 134 valence electrons. The van der Waals surface area contributed by atoms with Gasteiger partial charge in [0.05, 0.1) is 4.92 Å². The molecule has 2 aromatic rings. The Bertz CT molecular complexity index is 817. The second-order valence-corrected chi connectivity index (χ2v) is 5.36. The lowest BCUT2D eigenvalue weighted by molar-refractivity contribution is -0.384. The van der Waals surface area contributed by atoms with Crippen molar-refractivity contribution in [3.05, 3.63) is 75.8 Å². The number of nitrogens with one attached hydrogen (secondary N) is 1. The van der Waals surface area contributed by atoms with E-state index >= 15 is 0 Å². The topological polar surface area (TPSA) is 116 Å². The van der Waals surface area contributed by atoms with Crippen molar-refractivity contribution in [1.29, 1.82) is 0 Å². The van der Waals surface area contributed by atoms with E-state index in [1.165, 1.54) is 31.2 Å². The van der Waals surface area contributed by atoms with Crippen molar-refractivity contribution < 1.29 is 24.0 Å². The molecule has 0 fully saturated rings. The second-order valence-electron chi connectivity index (χ2n) is 5.36. The van der Waals surface area contributed by atoms with E-state index in [1.54, 1.807) is 30.3 Å². The van der Waals surface area contributed by atoms with E-state index in [0.717, 1.165) is 0 Å². The Morgan fingerprint density at radius 3 is 2.23 bits per heavy atom. The van der Waals surface area contributed by atoms with Crippen LogP contribution in [0.1, 0.15) is 28.9 Å². The normalized spacial score (nSPS) is 11.3. The predicted octanol–water partition coefficient (Wildman–Crippen LogP) is 2.20. The summed E-state index contributed by atoms with van der Waals surface area (Å²) in [5.74, 6) is -1.69. The van der Waals surface area contributed by atoms with E-state index in [-0.39, 0.29) is 12.2 Å². The van der Waals surface area contributed by atoms with E-state index < -0.39 is 28.7 Å². The fraction of sp³-hybridized carbons (Fsp3) is 0.167. The maximum Gasteiger partial charge on any atom is 0.326 e. The Balaban J connectivity index is 2.28. The van der Waals surface area contributed by atoms with Crippen molar-refractivity contribution in [2.45, 2.75) is 13.0 Å². The molecule has 8 nitrogen and oxygen atoms in total. The fourth-order valence-electron chi connectivity index (χ4n) is 2.17. The first-order valence-corrected chi connectivity index (χ1v) is 7.66. The number of nitro groups is 1. The SMILES string of the molecule is CC(=O)NCC(=O)O[C@@H](C(=O)c1ccccc1)c1ccc([N+](=O)[O-])cc1. The van der Waals surface area contributed by atoms with Crippen molar-refractivity contribution in [3.8, 4) is 0 Å². The van der Waals surface area contributed by atoms with Crippen LogP contribution in [0.2, 0.25) is 0 Å². The smallest absolute Gasteiger partial charge is 0.326 e. The number of nitrogens with zero attached hydrogens (tertiary/aromatic N) is 1. The maximum atomic E-state index is 12.7. The third kappa shape index (κ3) is 4.97. The van der Waals surface area contributed by atoms with Gasteiger partial charge >= 0.3 is 5.97 Å².